The lowest BCUT2D eigenvalue weighted by molar-refractivity contribution is 0.0859. The summed E-state index contributed by atoms with van der Waals surface area (Å²) in [6.45, 7) is 4.99. The second-order valence-corrected chi connectivity index (χ2v) is 6.51. The van der Waals surface area contributed by atoms with Crippen LogP contribution >= 0.6 is 0 Å². The van der Waals surface area contributed by atoms with E-state index in [2.05, 4.69) is 10.3 Å². The van der Waals surface area contributed by atoms with Gasteiger partial charge in [0, 0.05) is 30.3 Å². The van der Waals surface area contributed by atoms with Crippen LogP contribution in [-0.2, 0) is 0 Å². The fourth-order valence-corrected chi connectivity index (χ4v) is 3.20. The van der Waals surface area contributed by atoms with Gasteiger partial charge in [0.05, 0.1) is 11.4 Å². The lowest BCUT2D eigenvalue weighted by Crippen LogP contribution is -2.42. The van der Waals surface area contributed by atoms with Crippen molar-refractivity contribution in [1.29, 1.82) is 0 Å². The third-order valence-electron chi connectivity index (χ3n) is 4.68. The molecule has 0 atom stereocenters. The van der Waals surface area contributed by atoms with Gasteiger partial charge in [-0.25, -0.2) is 4.79 Å². The van der Waals surface area contributed by atoms with E-state index in [0.29, 0.717) is 25.9 Å². The van der Waals surface area contributed by atoms with Crippen molar-refractivity contribution in [3.8, 4) is 0 Å². The number of urea groups is 1. The number of benzene rings is 1. The molecule has 130 valence electrons. The molecule has 3 rings (SSSR count). The molecule has 25 heavy (non-hydrogen) atoms. The smallest absolute Gasteiger partial charge is 0.321 e. The summed E-state index contributed by atoms with van der Waals surface area (Å²) in [6, 6.07) is 13.0. The molecule has 2 amide bonds. The first-order valence-electron chi connectivity index (χ1n) is 8.64. The number of carbonyl (C=O) groups excluding carboxylic acids is 2. The van der Waals surface area contributed by atoms with Crippen molar-refractivity contribution in [1.82, 2.24) is 9.88 Å². The molecule has 2 aromatic rings. The number of nitrogens with one attached hydrogen (secondary N) is 1. The molecule has 0 spiro atoms. The van der Waals surface area contributed by atoms with Crippen LogP contribution in [0.1, 0.15) is 34.6 Å². The molecule has 0 bridgehead atoms. The summed E-state index contributed by atoms with van der Waals surface area (Å²) >= 11 is 0. The first-order chi connectivity index (χ1) is 12.0. The van der Waals surface area contributed by atoms with Crippen molar-refractivity contribution in [2.24, 2.45) is 5.92 Å². The minimum atomic E-state index is -0.126. The second-order valence-electron chi connectivity index (χ2n) is 6.51. The topological polar surface area (TPSA) is 62.3 Å². The second kappa shape index (κ2) is 7.47. The molecule has 1 N–H and O–H groups in total. The molecule has 1 aliphatic heterocycles. The third kappa shape index (κ3) is 4.05. The van der Waals surface area contributed by atoms with Gasteiger partial charge in [-0.2, -0.15) is 0 Å². The number of Topliss-reactive ketones (excluding diaryl/α,β-unsaturated/α-hetero) is 1. The van der Waals surface area contributed by atoms with Crippen LogP contribution in [0, 0.1) is 19.8 Å². The molecule has 1 aliphatic rings. The molecule has 1 saturated heterocycles. The van der Waals surface area contributed by atoms with Gasteiger partial charge in [0.2, 0.25) is 0 Å². The Bertz CT molecular complexity index is 766. The quantitative estimate of drug-likeness (QED) is 0.866. The van der Waals surface area contributed by atoms with Crippen LogP contribution in [0.4, 0.5) is 10.5 Å². The molecular weight excluding hydrogens is 314 g/mol. The molecule has 0 aliphatic carbocycles. The minimum Gasteiger partial charge on any atom is -0.324 e. The van der Waals surface area contributed by atoms with Crippen LogP contribution < -0.4 is 5.32 Å². The van der Waals surface area contributed by atoms with Gasteiger partial charge in [0.1, 0.15) is 0 Å². The van der Waals surface area contributed by atoms with E-state index < -0.39 is 0 Å². The molecule has 1 aromatic carbocycles. The highest BCUT2D eigenvalue weighted by atomic mass is 16.2. The first kappa shape index (κ1) is 17.1. The van der Waals surface area contributed by atoms with Crippen molar-refractivity contribution < 1.29 is 9.59 Å². The number of aryl methyl sites for hydroxylation is 2. The average molecular weight is 337 g/mol. The van der Waals surface area contributed by atoms with E-state index in [4.69, 9.17) is 0 Å². The van der Waals surface area contributed by atoms with Gasteiger partial charge in [0.15, 0.2) is 5.78 Å². The van der Waals surface area contributed by atoms with Crippen LogP contribution in [0.5, 0.6) is 0 Å². The van der Waals surface area contributed by atoms with Gasteiger partial charge in [0.25, 0.3) is 0 Å². The zero-order valence-electron chi connectivity index (χ0n) is 14.7. The van der Waals surface area contributed by atoms with Crippen molar-refractivity contribution in [3.63, 3.8) is 0 Å². The lowest BCUT2D eigenvalue weighted by Gasteiger charge is -2.31. The van der Waals surface area contributed by atoms with Gasteiger partial charge < -0.3 is 10.2 Å². The maximum atomic E-state index is 12.5. The maximum Gasteiger partial charge on any atom is 0.321 e. The van der Waals surface area contributed by atoms with Crippen LogP contribution in [0.2, 0.25) is 0 Å². The minimum absolute atomic E-state index is 0.00534. The number of nitrogens with zero attached hydrogens (tertiary/aromatic N) is 2. The number of hydrogen-bond donors (Lipinski definition) is 1. The monoisotopic (exact) mass is 337 g/mol. The Morgan fingerprint density at radius 3 is 2.36 bits per heavy atom. The van der Waals surface area contributed by atoms with Crippen molar-refractivity contribution in [2.45, 2.75) is 26.7 Å². The van der Waals surface area contributed by atoms with Crippen molar-refractivity contribution in [3.05, 3.63) is 59.4 Å². The fraction of sp³-hybridized carbons (Fsp3) is 0.350. The molecule has 5 nitrogen and oxygen atoms in total. The first-order valence-corrected chi connectivity index (χ1v) is 8.64. The van der Waals surface area contributed by atoms with Crippen LogP contribution in [0.15, 0.2) is 42.5 Å². The summed E-state index contributed by atoms with van der Waals surface area (Å²) in [6.07, 6.45) is 1.40. The zero-order valence-corrected chi connectivity index (χ0v) is 14.7. The summed E-state index contributed by atoms with van der Waals surface area (Å²) in [5.41, 5.74) is 3.23. The van der Waals surface area contributed by atoms with E-state index in [1.165, 1.54) is 0 Å². The molecular formula is C20H23N3O2. The van der Waals surface area contributed by atoms with Crippen molar-refractivity contribution in [2.75, 3.05) is 18.4 Å². The van der Waals surface area contributed by atoms with Gasteiger partial charge in [-0.05, 0) is 38.8 Å². The number of hydrogen-bond acceptors (Lipinski definition) is 3. The van der Waals surface area contributed by atoms with E-state index in [-0.39, 0.29) is 17.7 Å². The summed E-state index contributed by atoms with van der Waals surface area (Å²) in [5.74, 6) is 0.175. The van der Waals surface area contributed by atoms with Crippen LogP contribution in [-0.4, -0.2) is 34.8 Å². The van der Waals surface area contributed by atoms with E-state index in [9.17, 15) is 9.59 Å². The van der Waals surface area contributed by atoms with Gasteiger partial charge in [-0.1, -0.05) is 30.3 Å². The normalized spacial score (nSPS) is 15.0. The largest absolute Gasteiger partial charge is 0.324 e. The number of rotatable bonds is 3. The van der Waals surface area contributed by atoms with E-state index >= 15 is 0 Å². The predicted octanol–water partition coefficient (Wildman–Crippen LogP) is 3.83. The molecule has 0 unspecified atom stereocenters. The van der Waals surface area contributed by atoms with Gasteiger partial charge >= 0.3 is 6.03 Å². The number of amides is 2. The Hall–Kier alpha value is -2.69. The summed E-state index contributed by atoms with van der Waals surface area (Å²) in [7, 11) is 0. The van der Waals surface area contributed by atoms with E-state index in [1.807, 2.05) is 56.3 Å². The van der Waals surface area contributed by atoms with Gasteiger partial charge in [-0.15, -0.1) is 0 Å². The lowest BCUT2D eigenvalue weighted by atomic mass is 9.89. The Kier molecular flexibility index (Phi) is 5.12. The Labute approximate surface area is 148 Å². The van der Waals surface area contributed by atoms with Crippen molar-refractivity contribution >= 4 is 17.5 Å². The van der Waals surface area contributed by atoms with Gasteiger partial charge in [-0.3, -0.25) is 9.78 Å². The molecule has 0 radical (unpaired) electrons. The average Bonchev–Trinajstić information content (AvgIpc) is 2.64. The maximum absolute atomic E-state index is 12.5. The summed E-state index contributed by atoms with van der Waals surface area (Å²) < 4.78 is 0. The van der Waals surface area contributed by atoms with Crippen LogP contribution in [0.25, 0.3) is 0 Å². The molecule has 5 heteroatoms. The highest BCUT2D eigenvalue weighted by Crippen LogP contribution is 2.23. The molecule has 0 saturated carbocycles. The third-order valence-corrected chi connectivity index (χ3v) is 4.68. The summed E-state index contributed by atoms with van der Waals surface area (Å²) in [4.78, 5) is 31.1. The zero-order chi connectivity index (χ0) is 17.8. The number of anilines is 1. The van der Waals surface area contributed by atoms with E-state index in [0.717, 1.165) is 22.6 Å². The van der Waals surface area contributed by atoms with E-state index in [1.54, 1.807) is 4.90 Å². The fourth-order valence-electron chi connectivity index (χ4n) is 3.20. The summed E-state index contributed by atoms with van der Waals surface area (Å²) in [5, 5.41) is 2.92. The number of ketones is 1. The number of pyridine rings is 1. The highest BCUT2D eigenvalue weighted by Gasteiger charge is 2.28. The number of carbonyl (C=O) groups is 2. The Morgan fingerprint density at radius 2 is 1.72 bits per heavy atom. The Balaban J connectivity index is 1.56. The standard InChI is InChI=1S/C20H23N3O2/c1-14-8-9-18(15(2)21-14)22-20(25)23-12-10-17(11-13-23)19(24)16-6-4-3-5-7-16/h3-9,17H,10-13H2,1-2H3,(H,22,25). The predicted molar refractivity (Wildman–Crippen MR) is 97.8 cm³/mol. The molecule has 1 fully saturated rings. The number of piperidine rings is 1. The number of aromatic nitrogens is 1. The highest BCUT2D eigenvalue weighted by molar-refractivity contribution is 5.98. The molecule has 1 aromatic heterocycles. The van der Waals surface area contributed by atoms with Crippen LogP contribution in [0.3, 0.4) is 0 Å². The number of likely N-dealkylation sites (tertiary alicyclic amines) is 1. The SMILES string of the molecule is Cc1ccc(NC(=O)N2CCC(C(=O)c3ccccc3)CC2)c(C)n1. The Morgan fingerprint density at radius 1 is 1.04 bits per heavy atom. The molecule has 2 heterocycles.